The molecule has 0 radical (unpaired) electrons. The Balaban J connectivity index is 2.99. The van der Waals surface area contributed by atoms with Gasteiger partial charge in [-0.05, 0) is 16.2 Å². The molecule has 118 valence electrons. The minimum Gasteiger partial charge on any atom is -0.462 e. The van der Waals surface area contributed by atoms with Gasteiger partial charge in [-0.25, -0.2) is 4.79 Å². The Morgan fingerprint density at radius 1 is 1.00 bits per heavy atom. The molecular weight excluding hydrogens is 308 g/mol. The number of hydrogen-bond donors (Lipinski definition) is 0. The Hall–Kier alpha value is 0.260. The molecule has 0 aromatic carbocycles. The summed E-state index contributed by atoms with van der Waals surface area (Å²) in [6.07, 6.45) is 12.2. The number of carbonyl (C=O) groups excluding carboxylic acids is 1. The average molecular weight is 337 g/mol. The van der Waals surface area contributed by atoms with Crippen molar-refractivity contribution in [2.24, 2.45) is 0 Å². The molecule has 0 spiro atoms. The fourth-order valence-corrected chi connectivity index (χ4v) is 5.32. The quantitative estimate of drug-likeness (QED) is 0.161. The van der Waals surface area contributed by atoms with Crippen molar-refractivity contribution in [3.05, 3.63) is 12.7 Å². The van der Waals surface area contributed by atoms with Crippen LogP contribution in [-0.2, 0) is 9.53 Å². The zero-order valence-corrected chi connectivity index (χ0v) is 15.1. The maximum absolute atomic E-state index is 10.8. The lowest BCUT2D eigenvalue weighted by Gasteiger charge is -2.02. The summed E-state index contributed by atoms with van der Waals surface area (Å²) in [6.45, 7) is 6.09. The summed E-state index contributed by atoms with van der Waals surface area (Å²) in [5.74, 6) is 1.73. The standard InChI is InChI=1S/C15H28O2S3/c1-3-5-6-7-8-9-10-11-13-18-20-19-14-12-17-15(16)4-2/h4H,2-3,5-14H2,1H3. The number of carbonyl (C=O) groups is 1. The third kappa shape index (κ3) is 16.3. The normalized spacial score (nSPS) is 10.4. The second-order valence-electron chi connectivity index (χ2n) is 4.56. The van der Waals surface area contributed by atoms with Gasteiger partial charge < -0.3 is 4.74 Å². The first-order valence-electron chi connectivity index (χ1n) is 7.51. The molecule has 0 amide bonds. The smallest absolute Gasteiger partial charge is 0.330 e. The van der Waals surface area contributed by atoms with Crippen LogP contribution in [0.4, 0.5) is 0 Å². The lowest BCUT2D eigenvalue weighted by atomic mass is 10.1. The Bertz CT molecular complexity index is 235. The monoisotopic (exact) mass is 336 g/mol. The van der Waals surface area contributed by atoms with Crippen LogP contribution in [0.25, 0.3) is 0 Å². The van der Waals surface area contributed by atoms with Crippen LogP contribution < -0.4 is 0 Å². The van der Waals surface area contributed by atoms with E-state index < -0.39 is 0 Å². The van der Waals surface area contributed by atoms with Gasteiger partial charge in [-0.15, -0.1) is 0 Å². The summed E-state index contributed by atoms with van der Waals surface area (Å²) in [7, 11) is 5.46. The molecule has 0 fully saturated rings. The maximum Gasteiger partial charge on any atom is 0.330 e. The van der Waals surface area contributed by atoms with Crippen molar-refractivity contribution in [3.8, 4) is 0 Å². The van der Waals surface area contributed by atoms with Crippen molar-refractivity contribution in [1.82, 2.24) is 0 Å². The van der Waals surface area contributed by atoms with Gasteiger partial charge in [-0.2, -0.15) is 0 Å². The summed E-state index contributed by atoms with van der Waals surface area (Å²) in [6, 6.07) is 0. The molecule has 0 aliphatic rings. The number of rotatable bonds is 15. The highest BCUT2D eigenvalue weighted by atomic mass is 33.5. The van der Waals surface area contributed by atoms with Crippen LogP contribution in [-0.4, -0.2) is 24.1 Å². The molecule has 0 bridgehead atoms. The van der Waals surface area contributed by atoms with E-state index in [0.717, 1.165) is 5.75 Å². The van der Waals surface area contributed by atoms with Gasteiger partial charge in [0.2, 0.25) is 0 Å². The fourth-order valence-electron chi connectivity index (χ4n) is 1.63. The van der Waals surface area contributed by atoms with E-state index in [2.05, 4.69) is 13.5 Å². The third-order valence-corrected chi connectivity index (χ3v) is 7.05. The predicted octanol–water partition coefficient (Wildman–Crippen LogP) is 5.89. The fraction of sp³-hybridized carbons (Fsp3) is 0.800. The molecule has 20 heavy (non-hydrogen) atoms. The zero-order valence-electron chi connectivity index (χ0n) is 12.6. The first-order valence-corrected chi connectivity index (χ1v) is 11.3. The first-order chi connectivity index (χ1) is 9.81. The lowest BCUT2D eigenvalue weighted by Crippen LogP contribution is -2.02. The molecule has 0 heterocycles. The van der Waals surface area contributed by atoms with Gasteiger partial charge in [-0.1, -0.05) is 80.0 Å². The van der Waals surface area contributed by atoms with Crippen LogP contribution in [0, 0.1) is 0 Å². The highest BCUT2D eigenvalue weighted by Gasteiger charge is 1.97. The first kappa shape index (κ1) is 20.3. The SMILES string of the molecule is C=CC(=O)OCCSSSCCCCCCCCCC. The minimum atomic E-state index is -0.331. The van der Waals surface area contributed by atoms with Crippen LogP contribution in [0.2, 0.25) is 0 Å². The minimum absolute atomic E-state index is 0.331. The second kappa shape index (κ2) is 17.3. The van der Waals surface area contributed by atoms with Crippen molar-refractivity contribution in [1.29, 1.82) is 0 Å². The van der Waals surface area contributed by atoms with Gasteiger partial charge >= 0.3 is 5.97 Å². The molecule has 0 saturated heterocycles. The highest BCUT2D eigenvalue weighted by molar-refractivity contribution is 9.09. The van der Waals surface area contributed by atoms with Gasteiger partial charge in [0.1, 0.15) is 6.61 Å². The molecule has 5 heteroatoms. The molecular formula is C15H28O2S3. The molecule has 0 unspecified atom stereocenters. The molecule has 0 saturated carbocycles. The van der Waals surface area contributed by atoms with Gasteiger partial charge in [0.05, 0.1) is 0 Å². The summed E-state index contributed by atoms with van der Waals surface area (Å²) in [4.78, 5) is 10.8. The van der Waals surface area contributed by atoms with Gasteiger partial charge in [0, 0.05) is 17.6 Å². The van der Waals surface area contributed by atoms with Gasteiger partial charge in [-0.3, -0.25) is 0 Å². The van der Waals surface area contributed by atoms with Crippen molar-refractivity contribution < 1.29 is 9.53 Å². The molecule has 0 atom stereocenters. The summed E-state index contributed by atoms with van der Waals surface area (Å²) in [5.41, 5.74) is 0. The van der Waals surface area contributed by atoms with Crippen LogP contribution in [0.3, 0.4) is 0 Å². The third-order valence-electron chi connectivity index (χ3n) is 2.76. The molecule has 0 rings (SSSR count). The molecule has 0 aliphatic heterocycles. The predicted molar refractivity (Wildman–Crippen MR) is 96.3 cm³/mol. The van der Waals surface area contributed by atoms with Crippen molar-refractivity contribution in [2.75, 3.05) is 18.1 Å². The number of hydrogen-bond acceptors (Lipinski definition) is 5. The van der Waals surface area contributed by atoms with E-state index in [1.54, 1.807) is 20.6 Å². The summed E-state index contributed by atoms with van der Waals surface area (Å²) < 4.78 is 4.89. The van der Waals surface area contributed by atoms with E-state index in [4.69, 9.17) is 4.74 Å². The summed E-state index contributed by atoms with van der Waals surface area (Å²) in [5, 5.41) is 0. The van der Waals surface area contributed by atoms with Crippen molar-refractivity contribution >= 4 is 37.4 Å². The molecule has 0 aromatic rings. The Kier molecular flexibility index (Phi) is 17.5. The van der Waals surface area contributed by atoms with E-state index in [0.29, 0.717) is 6.61 Å². The van der Waals surface area contributed by atoms with E-state index in [-0.39, 0.29) is 5.97 Å². The second-order valence-corrected chi connectivity index (χ2v) is 9.03. The van der Waals surface area contributed by atoms with Crippen LogP contribution >= 0.6 is 31.4 Å². The van der Waals surface area contributed by atoms with Crippen molar-refractivity contribution in [3.63, 3.8) is 0 Å². The molecule has 0 aromatic heterocycles. The zero-order chi connectivity index (χ0) is 14.9. The van der Waals surface area contributed by atoms with Crippen molar-refractivity contribution in [2.45, 2.75) is 58.3 Å². The number of ether oxygens (including phenoxy) is 1. The molecule has 0 N–H and O–H groups in total. The molecule has 2 nitrogen and oxygen atoms in total. The van der Waals surface area contributed by atoms with E-state index in [1.807, 2.05) is 10.8 Å². The maximum atomic E-state index is 10.8. The van der Waals surface area contributed by atoms with Gasteiger partial charge in [0.25, 0.3) is 0 Å². The lowest BCUT2D eigenvalue weighted by molar-refractivity contribution is -0.137. The van der Waals surface area contributed by atoms with E-state index in [1.165, 1.54) is 63.2 Å². The molecule has 0 aliphatic carbocycles. The van der Waals surface area contributed by atoms with Crippen LogP contribution in [0.5, 0.6) is 0 Å². The highest BCUT2D eigenvalue weighted by Crippen LogP contribution is 2.34. The van der Waals surface area contributed by atoms with Crippen LogP contribution in [0.1, 0.15) is 58.3 Å². The summed E-state index contributed by atoms with van der Waals surface area (Å²) >= 11 is 0. The number of unbranched alkanes of at least 4 members (excludes halogenated alkanes) is 7. The van der Waals surface area contributed by atoms with E-state index >= 15 is 0 Å². The number of esters is 1. The Morgan fingerprint density at radius 2 is 1.60 bits per heavy atom. The average Bonchev–Trinajstić information content (AvgIpc) is 2.47. The largest absolute Gasteiger partial charge is 0.462 e. The Labute approximate surface area is 136 Å². The topological polar surface area (TPSA) is 26.3 Å². The van der Waals surface area contributed by atoms with Crippen LogP contribution in [0.15, 0.2) is 12.7 Å². The Morgan fingerprint density at radius 3 is 2.25 bits per heavy atom. The van der Waals surface area contributed by atoms with E-state index in [9.17, 15) is 4.79 Å². The van der Waals surface area contributed by atoms with Gasteiger partial charge in [0.15, 0.2) is 0 Å².